The zero-order valence-corrected chi connectivity index (χ0v) is 24.7. The molecule has 0 aromatic heterocycles. The van der Waals surface area contributed by atoms with Gasteiger partial charge in [-0.3, -0.25) is 0 Å². The van der Waals surface area contributed by atoms with Crippen molar-refractivity contribution in [3.05, 3.63) is 47.5 Å². The van der Waals surface area contributed by atoms with Gasteiger partial charge in [0.25, 0.3) is 0 Å². The first-order valence-corrected chi connectivity index (χ1v) is 13.2. The third kappa shape index (κ3) is 36.6. The molecule has 0 bridgehead atoms. The summed E-state index contributed by atoms with van der Waals surface area (Å²) in [6.45, 7) is 11.7. The fourth-order valence-electron chi connectivity index (χ4n) is 0.803. The average Bonchev–Trinajstić information content (AvgIpc) is 3.19. The van der Waals surface area contributed by atoms with E-state index < -0.39 is 29.4 Å². The van der Waals surface area contributed by atoms with Crippen molar-refractivity contribution in [2.75, 3.05) is 0 Å². The molecular formula is C20H35F9GeN3Zr. The van der Waals surface area contributed by atoms with Gasteiger partial charge in [0.15, 0.2) is 0 Å². The summed E-state index contributed by atoms with van der Waals surface area (Å²) in [5.74, 6) is 0. The second-order valence-corrected chi connectivity index (χ2v) is 11.9. The Balaban J connectivity index is -0.000000112. The maximum atomic E-state index is 11.3. The van der Waals surface area contributed by atoms with Gasteiger partial charge in [-0.05, 0) is 0 Å². The summed E-state index contributed by atoms with van der Waals surface area (Å²) in [7, 11) is 0. The predicted molar refractivity (Wildman–Crippen MR) is 118 cm³/mol. The maximum absolute atomic E-state index is 11.3. The fraction of sp³-hybridized carbons (Fsp3) is 0.750. The molecule has 0 heterocycles. The third-order valence-corrected chi connectivity index (χ3v) is 6.81. The fourth-order valence-corrected chi connectivity index (χ4v) is 2.83. The maximum Gasteiger partial charge on any atom is 4.00 e. The first-order chi connectivity index (χ1) is 14.7. The van der Waals surface area contributed by atoms with E-state index in [1.807, 2.05) is 71.9 Å². The van der Waals surface area contributed by atoms with Crippen molar-refractivity contribution in [1.82, 2.24) is 0 Å². The summed E-state index contributed by atoms with van der Waals surface area (Å²) in [4.78, 5) is 0. The number of alkyl halides is 9. The van der Waals surface area contributed by atoms with Crippen molar-refractivity contribution in [1.29, 1.82) is 0 Å². The van der Waals surface area contributed by atoms with Crippen molar-refractivity contribution in [2.45, 2.75) is 94.0 Å². The van der Waals surface area contributed by atoms with Gasteiger partial charge >= 0.3 is 95.1 Å². The summed E-state index contributed by atoms with van der Waals surface area (Å²) in [5.41, 5.74) is 20.5. The quantitative estimate of drug-likeness (QED) is 0.177. The van der Waals surface area contributed by atoms with Crippen LogP contribution in [0.4, 0.5) is 39.5 Å². The smallest absolute Gasteiger partial charge is 0.214 e. The van der Waals surface area contributed by atoms with E-state index in [1.165, 1.54) is 0 Å². The van der Waals surface area contributed by atoms with Gasteiger partial charge in [-0.2, -0.15) is 18.2 Å². The molecule has 3 nitrogen and oxygen atoms in total. The molecule has 3 unspecified atom stereocenters. The molecule has 0 spiro atoms. The molecule has 0 aliphatic carbocycles. The Morgan fingerprint density at radius 3 is 0.824 bits per heavy atom. The normalized spacial score (nSPS) is 13.6. The molecule has 34 heavy (non-hydrogen) atoms. The molecule has 1 aromatic carbocycles. The zero-order valence-electron chi connectivity index (χ0n) is 20.1. The minimum Gasteiger partial charge on any atom is -0.214 e. The average molecular weight is 652 g/mol. The minimum absolute atomic E-state index is 0. The molecule has 1 aromatic rings. The SMILES string of the molecule is CCC(C)[NH-].CCC(C)[NH-].CCC(C)[NH-].F[C](F)(F)[Ge]([C](F)(F)F)[C](F)(F)F.[Zr+4].c1cc[cH-]c1. The number of halogens is 9. The van der Waals surface area contributed by atoms with Crippen molar-refractivity contribution >= 4 is 14.3 Å². The Morgan fingerprint density at radius 1 is 0.618 bits per heavy atom. The van der Waals surface area contributed by atoms with Gasteiger partial charge in [0.1, 0.15) is 0 Å². The van der Waals surface area contributed by atoms with Gasteiger partial charge in [-0.25, -0.2) is 12.1 Å². The predicted octanol–water partition coefficient (Wildman–Crippen LogP) is 9.70. The van der Waals surface area contributed by atoms with E-state index in [1.54, 1.807) is 0 Å². The first kappa shape index (κ1) is 44.1. The Labute approximate surface area is 221 Å². The van der Waals surface area contributed by atoms with Crippen molar-refractivity contribution < 1.29 is 65.7 Å². The largest absolute Gasteiger partial charge is 4.00 e. The number of hydrogen-bond donors (Lipinski definition) is 0. The number of nitrogens with one attached hydrogen (secondary N) is 3. The van der Waals surface area contributed by atoms with E-state index >= 15 is 0 Å². The van der Waals surface area contributed by atoms with Gasteiger partial charge in [0.2, 0.25) is 0 Å². The van der Waals surface area contributed by atoms with E-state index in [0.29, 0.717) is 0 Å². The summed E-state index contributed by atoms with van der Waals surface area (Å²) >= 11 is -7.10. The molecule has 1 radical (unpaired) electrons. The molecule has 0 aliphatic rings. The summed E-state index contributed by atoms with van der Waals surface area (Å²) in [5, 5.41) is -18.6. The van der Waals surface area contributed by atoms with Crippen molar-refractivity contribution in [3.63, 3.8) is 0 Å². The van der Waals surface area contributed by atoms with E-state index in [2.05, 4.69) is 0 Å². The van der Waals surface area contributed by atoms with Crippen LogP contribution in [0, 0.1) is 0 Å². The summed E-state index contributed by atoms with van der Waals surface area (Å²) in [6, 6.07) is 10.4. The van der Waals surface area contributed by atoms with Gasteiger partial charge in [0, 0.05) is 0 Å². The second kappa shape index (κ2) is 23.4. The molecule has 0 amide bonds. The van der Waals surface area contributed by atoms with Crippen LogP contribution in [-0.4, -0.2) is 47.5 Å². The number of rotatable bonds is 3. The van der Waals surface area contributed by atoms with Gasteiger partial charge < -0.3 is 17.2 Å². The molecular weight excluding hydrogens is 617 g/mol. The zero-order chi connectivity index (χ0) is 27.5. The summed E-state index contributed by atoms with van der Waals surface area (Å²) in [6.07, 6.45) is 2.92. The minimum atomic E-state index is -7.10. The Morgan fingerprint density at radius 2 is 0.794 bits per heavy atom. The van der Waals surface area contributed by atoms with Crippen molar-refractivity contribution in [3.8, 4) is 0 Å². The third-order valence-electron chi connectivity index (χ3n) is 3.24. The molecule has 3 N–H and O–H groups in total. The topological polar surface area (TPSA) is 71.4 Å². The molecule has 0 aliphatic heterocycles. The molecule has 0 fully saturated rings. The van der Waals surface area contributed by atoms with Crippen molar-refractivity contribution in [2.24, 2.45) is 0 Å². The van der Waals surface area contributed by atoms with Crippen LogP contribution >= 0.6 is 0 Å². The summed E-state index contributed by atoms with van der Waals surface area (Å²) < 4.78 is 102. The molecule has 3 atom stereocenters. The standard InChI is InChI=1S/C5H5.3C4H10N.C3F9Ge.Zr/c1-2-4-5-3-1;3*1-3-4(2)5;4-1(5,6)13(2(7,8)9)3(10,11)12;/h1-5H;3*4-5H,3H2,1-2H3;;/q4*-1;;+4. The van der Waals surface area contributed by atoms with Crippen LogP contribution in [0.15, 0.2) is 30.3 Å². The molecule has 14 heteroatoms. The van der Waals surface area contributed by atoms with Crippen LogP contribution < -0.4 is 0 Å². The van der Waals surface area contributed by atoms with Crippen LogP contribution in [0.3, 0.4) is 0 Å². The van der Waals surface area contributed by atoms with E-state index in [4.69, 9.17) is 17.2 Å². The van der Waals surface area contributed by atoms with E-state index in [0.717, 1.165) is 19.3 Å². The molecule has 0 saturated carbocycles. The molecule has 201 valence electrons. The Kier molecular flexibility index (Phi) is 30.4. The first-order valence-electron chi connectivity index (χ1n) is 10.1. The van der Waals surface area contributed by atoms with Gasteiger partial charge in [0.05, 0.1) is 0 Å². The molecule has 1 rings (SSSR count). The Bertz CT molecular complexity index is 435. The molecule has 0 saturated heterocycles. The van der Waals surface area contributed by atoms with E-state index in [-0.39, 0.29) is 44.3 Å². The van der Waals surface area contributed by atoms with Crippen LogP contribution in [0.2, 0.25) is 0 Å². The Hall–Kier alpha value is 0.0260. The number of hydrogen-bond acceptors (Lipinski definition) is 0. The van der Waals surface area contributed by atoms with Crippen LogP contribution in [0.5, 0.6) is 0 Å². The van der Waals surface area contributed by atoms with Crippen LogP contribution in [0.25, 0.3) is 17.2 Å². The monoisotopic (exact) mass is 652 g/mol. The second-order valence-electron chi connectivity index (χ2n) is 6.76. The van der Waals surface area contributed by atoms with Crippen LogP contribution in [-0.2, 0) is 26.2 Å². The van der Waals surface area contributed by atoms with E-state index in [9.17, 15) is 39.5 Å². The van der Waals surface area contributed by atoms with Crippen LogP contribution in [0.1, 0.15) is 60.8 Å². The van der Waals surface area contributed by atoms with Gasteiger partial charge in [-0.15, -0.1) is 18.1 Å². The van der Waals surface area contributed by atoms with Gasteiger partial charge in [-0.1, -0.05) is 60.8 Å².